The summed E-state index contributed by atoms with van der Waals surface area (Å²) in [7, 11) is -2.67. The molecule has 8 nitrogen and oxygen atoms in total. The van der Waals surface area contributed by atoms with E-state index in [1.807, 2.05) is 51.2 Å². The first-order valence-electron chi connectivity index (χ1n) is 10.7. The summed E-state index contributed by atoms with van der Waals surface area (Å²) in [6, 6.07) is 0. The number of rotatable bonds is 18. The van der Waals surface area contributed by atoms with E-state index in [0.717, 1.165) is 41.3 Å². The SMILES string of the molecule is CCOP(=O)(OCC)SCCSCC.CCOP(=S)(OCC)OCCSCC.CS(C)(=O)=O. The molecule has 0 aliphatic heterocycles. The topological polar surface area (TPSA) is 97.4 Å². The van der Waals surface area contributed by atoms with Gasteiger partial charge >= 0.3 is 13.5 Å². The van der Waals surface area contributed by atoms with Crippen LogP contribution in [0.4, 0.5) is 0 Å². The maximum absolute atomic E-state index is 11.9. The second-order valence-corrected chi connectivity index (χ2v) is 18.0. The Morgan fingerprint density at radius 2 is 1.09 bits per heavy atom. The summed E-state index contributed by atoms with van der Waals surface area (Å²) >= 11 is 10.1. The normalized spacial score (nSPS) is 11.9. The summed E-state index contributed by atoms with van der Waals surface area (Å²) in [6.45, 7) is 8.93. The highest BCUT2D eigenvalue weighted by Gasteiger charge is 2.23. The third-order valence-electron chi connectivity index (χ3n) is 2.51. The van der Waals surface area contributed by atoms with Gasteiger partial charge in [-0.2, -0.15) is 23.5 Å². The van der Waals surface area contributed by atoms with Gasteiger partial charge in [-0.3, -0.25) is 0 Å². The van der Waals surface area contributed by atoms with E-state index in [4.69, 9.17) is 34.4 Å². The summed E-state index contributed by atoms with van der Waals surface area (Å²) in [6.07, 6.45) is 2.32. The molecule has 0 fully saturated rings. The minimum Gasteiger partial charge on any atom is -0.309 e. The van der Waals surface area contributed by atoms with E-state index in [1.165, 1.54) is 11.4 Å². The molecule has 0 N–H and O–H groups in total. The Hall–Kier alpha value is 1.68. The molecular formula is C18H44O8P2S5. The largest absolute Gasteiger partial charge is 0.389 e. The predicted octanol–water partition coefficient (Wildman–Crippen LogP) is 6.37. The molecule has 0 saturated carbocycles. The lowest BCUT2D eigenvalue weighted by Gasteiger charge is -2.20. The van der Waals surface area contributed by atoms with Crippen molar-refractivity contribution in [2.45, 2.75) is 41.5 Å². The van der Waals surface area contributed by atoms with Crippen LogP contribution in [-0.2, 0) is 48.8 Å². The van der Waals surface area contributed by atoms with Gasteiger partial charge in [-0.1, -0.05) is 13.8 Å². The van der Waals surface area contributed by atoms with Gasteiger partial charge in [-0.05, 0) is 62.4 Å². The van der Waals surface area contributed by atoms with Gasteiger partial charge in [0.25, 0.3) is 0 Å². The fourth-order valence-electron chi connectivity index (χ4n) is 1.56. The second-order valence-electron chi connectivity index (χ2n) is 5.77. The van der Waals surface area contributed by atoms with Crippen molar-refractivity contribution in [1.82, 2.24) is 0 Å². The average Bonchev–Trinajstić information content (AvgIpc) is 2.69. The van der Waals surface area contributed by atoms with Crippen LogP contribution in [0, 0.1) is 0 Å². The quantitative estimate of drug-likeness (QED) is 0.127. The second kappa shape index (κ2) is 25.3. The fraction of sp³-hybridized carbons (Fsp3) is 1.00. The maximum atomic E-state index is 11.9. The number of hydrogen-bond donors (Lipinski definition) is 0. The standard InChI is InChI=1S/2C8H19O3PS2.C2H6O2S/c1-4-10-12(9,11-5-2)14-8-7-13-6-3;1-4-9-12(13,10-5-2)11-7-8-14-6-3;1-5(2,3)4/h2*4-8H2,1-3H3;1-2H3. The molecule has 0 heterocycles. The van der Waals surface area contributed by atoms with E-state index < -0.39 is 23.4 Å². The predicted molar refractivity (Wildman–Crippen MR) is 154 cm³/mol. The van der Waals surface area contributed by atoms with Crippen LogP contribution < -0.4 is 0 Å². The van der Waals surface area contributed by atoms with Crippen LogP contribution in [0.3, 0.4) is 0 Å². The van der Waals surface area contributed by atoms with Crippen molar-refractivity contribution in [3.63, 3.8) is 0 Å². The molecule has 0 radical (unpaired) electrons. The molecule has 0 bridgehead atoms. The first-order chi connectivity index (χ1) is 15.4. The van der Waals surface area contributed by atoms with Gasteiger partial charge in [0.05, 0.1) is 33.0 Å². The van der Waals surface area contributed by atoms with E-state index in [2.05, 4.69) is 13.8 Å². The van der Waals surface area contributed by atoms with Crippen LogP contribution in [-0.4, -0.2) is 82.7 Å². The lowest BCUT2D eigenvalue weighted by Crippen LogP contribution is -2.02. The van der Waals surface area contributed by atoms with Crippen LogP contribution in [0.1, 0.15) is 41.5 Å². The van der Waals surface area contributed by atoms with Crippen molar-refractivity contribution in [3.05, 3.63) is 0 Å². The smallest absolute Gasteiger partial charge is 0.309 e. The number of thioether (sulfide) groups is 2. The van der Waals surface area contributed by atoms with Crippen LogP contribution in [0.5, 0.6) is 0 Å². The summed E-state index contributed by atoms with van der Waals surface area (Å²) in [4.78, 5) is 0. The van der Waals surface area contributed by atoms with E-state index in [0.29, 0.717) is 33.0 Å². The van der Waals surface area contributed by atoms with Gasteiger partial charge in [0.15, 0.2) is 0 Å². The van der Waals surface area contributed by atoms with E-state index in [-0.39, 0.29) is 0 Å². The van der Waals surface area contributed by atoms with Crippen molar-refractivity contribution >= 4 is 70.1 Å². The summed E-state index contributed by atoms with van der Waals surface area (Å²) in [5, 5.41) is 0. The monoisotopic (exact) mass is 610 g/mol. The molecule has 0 unspecified atom stereocenters. The first kappa shape index (κ1) is 39.2. The van der Waals surface area contributed by atoms with Crippen molar-refractivity contribution in [3.8, 4) is 0 Å². The molecule has 33 heavy (non-hydrogen) atoms. The first-order valence-corrected chi connectivity index (χ1v) is 21.0. The molecule has 0 atom stereocenters. The van der Waals surface area contributed by atoms with Gasteiger partial charge in [0.2, 0.25) is 0 Å². The van der Waals surface area contributed by atoms with Crippen molar-refractivity contribution < 1.29 is 35.6 Å². The number of sulfone groups is 1. The van der Waals surface area contributed by atoms with Crippen LogP contribution in [0.2, 0.25) is 0 Å². The average molecular weight is 611 g/mol. The Morgan fingerprint density at radius 3 is 1.45 bits per heavy atom. The highest BCUT2D eigenvalue weighted by Crippen LogP contribution is 2.60. The Kier molecular flexibility index (Phi) is 30.1. The maximum Gasteiger partial charge on any atom is 0.389 e. The fourth-order valence-corrected chi connectivity index (χ4v) is 8.76. The highest BCUT2D eigenvalue weighted by molar-refractivity contribution is 8.55. The summed E-state index contributed by atoms with van der Waals surface area (Å²) < 4.78 is 57.5. The highest BCUT2D eigenvalue weighted by atomic mass is 32.7. The van der Waals surface area contributed by atoms with Gasteiger partial charge < -0.3 is 22.6 Å². The molecule has 0 spiro atoms. The molecule has 0 aliphatic rings. The van der Waals surface area contributed by atoms with E-state index in [1.54, 1.807) is 0 Å². The van der Waals surface area contributed by atoms with Crippen LogP contribution in [0.15, 0.2) is 0 Å². The molecule has 0 aromatic rings. The third-order valence-corrected chi connectivity index (χ3v) is 11.1. The van der Waals surface area contributed by atoms with Gasteiger partial charge in [-0.15, -0.1) is 0 Å². The van der Waals surface area contributed by atoms with Gasteiger partial charge in [0, 0.05) is 29.8 Å². The lowest BCUT2D eigenvalue weighted by atomic mass is 10.9. The van der Waals surface area contributed by atoms with Gasteiger partial charge in [0.1, 0.15) is 9.84 Å². The molecule has 0 amide bonds. The molecule has 204 valence electrons. The molecule has 0 saturated heterocycles. The minimum atomic E-state index is -2.86. The zero-order chi connectivity index (χ0) is 26.2. The van der Waals surface area contributed by atoms with E-state index >= 15 is 0 Å². The van der Waals surface area contributed by atoms with Crippen molar-refractivity contribution in [1.29, 1.82) is 0 Å². The van der Waals surface area contributed by atoms with Crippen molar-refractivity contribution in [2.24, 2.45) is 0 Å². The van der Waals surface area contributed by atoms with Crippen molar-refractivity contribution in [2.75, 3.05) is 74.3 Å². The summed E-state index contributed by atoms with van der Waals surface area (Å²) in [5.74, 6) is 4.93. The lowest BCUT2D eigenvalue weighted by molar-refractivity contribution is 0.174. The zero-order valence-electron chi connectivity index (χ0n) is 21.3. The van der Waals surface area contributed by atoms with Crippen LogP contribution >= 0.6 is 48.4 Å². The van der Waals surface area contributed by atoms with E-state index in [9.17, 15) is 13.0 Å². The Morgan fingerprint density at radius 1 is 0.697 bits per heavy atom. The minimum absolute atomic E-state index is 0.436. The van der Waals surface area contributed by atoms with Crippen LogP contribution in [0.25, 0.3) is 0 Å². The Bertz CT molecular complexity index is 557. The molecule has 15 heteroatoms. The van der Waals surface area contributed by atoms with Gasteiger partial charge in [-0.25, -0.2) is 13.0 Å². The molecule has 0 rings (SSSR count). The molecule has 0 aromatic heterocycles. The zero-order valence-corrected chi connectivity index (χ0v) is 27.1. The molecule has 0 aliphatic carbocycles. The third kappa shape index (κ3) is 33.7. The molecular weight excluding hydrogens is 566 g/mol. The summed E-state index contributed by atoms with van der Waals surface area (Å²) in [5.41, 5.74) is 0. The molecule has 0 aromatic carbocycles. The Balaban J connectivity index is -0.000000453. The Labute approximate surface area is 220 Å². The number of hydrogen-bond acceptors (Lipinski definition) is 12.